The average Bonchev–Trinajstić information content (AvgIpc) is 2.44. The number of nitrogens with one attached hydrogen (secondary N) is 1. The van der Waals surface area contributed by atoms with E-state index in [9.17, 15) is 4.39 Å². The Morgan fingerprint density at radius 2 is 1.86 bits per heavy atom. The van der Waals surface area contributed by atoms with Gasteiger partial charge in [-0.25, -0.2) is 4.39 Å². The monoisotopic (exact) mass is 325 g/mol. The van der Waals surface area contributed by atoms with Crippen LogP contribution < -0.4 is 5.32 Å². The molecule has 2 aromatic rings. The van der Waals surface area contributed by atoms with E-state index < -0.39 is 0 Å². The van der Waals surface area contributed by atoms with Crippen LogP contribution in [0.1, 0.15) is 36.1 Å². The van der Waals surface area contributed by atoms with Gasteiger partial charge >= 0.3 is 0 Å². The van der Waals surface area contributed by atoms with Crippen molar-refractivity contribution in [2.75, 3.05) is 6.54 Å². The summed E-state index contributed by atoms with van der Waals surface area (Å²) in [6.45, 7) is 4.70. The second-order valence-electron chi connectivity index (χ2n) is 5.08. The normalized spacial score (nSPS) is 12.4. The van der Waals surface area contributed by atoms with Gasteiger partial charge in [-0.15, -0.1) is 0 Å². The zero-order chi connectivity index (χ0) is 15.4. The van der Waals surface area contributed by atoms with Gasteiger partial charge in [-0.3, -0.25) is 0 Å². The summed E-state index contributed by atoms with van der Waals surface area (Å²) >= 11 is 12.3. The Balaban J connectivity index is 2.49. The summed E-state index contributed by atoms with van der Waals surface area (Å²) in [5, 5.41) is 4.51. The minimum absolute atomic E-state index is 0.236. The molecule has 1 unspecified atom stereocenters. The van der Waals surface area contributed by atoms with Gasteiger partial charge in [-0.1, -0.05) is 42.3 Å². The van der Waals surface area contributed by atoms with Crippen LogP contribution in [0.25, 0.3) is 0 Å². The third-order valence-electron chi connectivity index (χ3n) is 3.33. The van der Waals surface area contributed by atoms with Crippen molar-refractivity contribution in [2.24, 2.45) is 0 Å². The molecule has 0 heterocycles. The molecule has 1 N–H and O–H groups in total. The fourth-order valence-corrected chi connectivity index (χ4v) is 2.69. The fraction of sp³-hybridized carbons (Fsp3) is 0.294. The highest BCUT2D eigenvalue weighted by molar-refractivity contribution is 6.33. The Hall–Kier alpha value is -1.09. The molecule has 0 amide bonds. The number of hydrogen-bond acceptors (Lipinski definition) is 1. The van der Waals surface area contributed by atoms with Crippen molar-refractivity contribution in [3.63, 3.8) is 0 Å². The molecule has 4 heteroatoms. The smallest absolute Gasteiger partial charge is 0.128 e. The zero-order valence-electron chi connectivity index (χ0n) is 12.1. The van der Waals surface area contributed by atoms with Crippen LogP contribution in [0, 0.1) is 12.7 Å². The van der Waals surface area contributed by atoms with E-state index in [2.05, 4.69) is 12.2 Å². The Kier molecular flexibility index (Phi) is 5.63. The molecule has 2 rings (SSSR count). The van der Waals surface area contributed by atoms with Crippen molar-refractivity contribution < 1.29 is 4.39 Å². The topological polar surface area (TPSA) is 12.0 Å². The molecule has 0 saturated heterocycles. The molecule has 21 heavy (non-hydrogen) atoms. The molecule has 0 fully saturated rings. The van der Waals surface area contributed by atoms with Gasteiger partial charge in [0.1, 0.15) is 5.82 Å². The maximum absolute atomic E-state index is 14.3. The molecule has 0 radical (unpaired) electrons. The summed E-state index contributed by atoms with van der Waals surface area (Å²) in [5.74, 6) is -0.236. The van der Waals surface area contributed by atoms with Crippen LogP contribution in [-0.2, 0) is 0 Å². The van der Waals surface area contributed by atoms with E-state index in [0.29, 0.717) is 15.6 Å². The van der Waals surface area contributed by atoms with Crippen molar-refractivity contribution in [1.29, 1.82) is 0 Å². The van der Waals surface area contributed by atoms with Crippen molar-refractivity contribution in [1.82, 2.24) is 5.32 Å². The Morgan fingerprint density at radius 1 is 1.10 bits per heavy atom. The predicted octanol–water partition coefficient (Wildman–Crippen LogP) is 5.53. The SMILES string of the molecule is CCCNC(c1ccc(C)cc1F)c1cc(Cl)ccc1Cl. The quantitative estimate of drug-likeness (QED) is 0.762. The van der Waals surface area contributed by atoms with E-state index in [0.717, 1.165) is 24.1 Å². The summed E-state index contributed by atoms with van der Waals surface area (Å²) in [4.78, 5) is 0. The molecule has 0 bridgehead atoms. The molecule has 112 valence electrons. The van der Waals surface area contributed by atoms with Crippen molar-refractivity contribution >= 4 is 23.2 Å². The minimum atomic E-state index is -0.309. The van der Waals surface area contributed by atoms with Crippen LogP contribution in [0.15, 0.2) is 36.4 Å². The third-order valence-corrected chi connectivity index (χ3v) is 3.91. The molecule has 1 atom stereocenters. The van der Waals surface area contributed by atoms with E-state index in [4.69, 9.17) is 23.2 Å². The summed E-state index contributed by atoms with van der Waals surface area (Å²) in [6, 6.07) is 10.2. The third kappa shape index (κ3) is 3.97. The molecule has 0 spiro atoms. The number of aryl methyl sites for hydroxylation is 1. The van der Waals surface area contributed by atoms with Gasteiger partial charge in [-0.2, -0.15) is 0 Å². The maximum atomic E-state index is 14.3. The van der Waals surface area contributed by atoms with E-state index in [1.807, 2.05) is 13.0 Å². The van der Waals surface area contributed by atoms with E-state index in [-0.39, 0.29) is 11.9 Å². The van der Waals surface area contributed by atoms with Gasteiger partial charge in [-0.05, 0) is 55.3 Å². The number of benzene rings is 2. The fourth-order valence-electron chi connectivity index (χ4n) is 2.28. The molecule has 0 aliphatic rings. The standard InChI is InChI=1S/C17H18Cl2FN/c1-3-8-21-17(13-6-4-11(2)9-16(13)20)14-10-12(18)5-7-15(14)19/h4-7,9-10,17,21H,3,8H2,1-2H3. The number of hydrogen-bond donors (Lipinski definition) is 1. The minimum Gasteiger partial charge on any atom is -0.306 e. The largest absolute Gasteiger partial charge is 0.306 e. The Bertz CT molecular complexity index is 628. The summed E-state index contributed by atoms with van der Waals surface area (Å²) in [5.41, 5.74) is 2.27. The van der Waals surface area contributed by atoms with Crippen molar-refractivity contribution in [3.8, 4) is 0 Å². The maximum Gasteiger partial charge on any atom is 0.128 e. The van der Waals surface area contributed by atoms with Crippen LogP contribution in [-0.4, -0.2) is 6.54 Å². The molecule has 2 aromatic carbocycles. The van der Waals surface area contributed by atoms with Crippen molar-refractivity contribution in [3.05, 3.63) is 69.0 Å². The lowest BCUT2D eigenvalue weighted by atomic mass is 9.97. The van der Waals surface area contributed by atoms with E-state index in [1.165, 1.54) is 6.07 Å². The summed E-state index contributed by atoms with van der Waals surface area (Å²) < 4.78 is 14.3. The van der Waals surface area contributed by atoms with Crippen molar-refractivity contribution in [2.45, 2.75) is 26.3 Å². The summed E-state index contributed by atoms with van der Waals surface area (Å²) in [6.07, 6.45) is 0.947. The van der Waals surface area contributed by atoms with Gasteiger partial charge in [0.05, 0.1) is 6.04 Å². The first-order chi connectivity index (χ1) is 10.0. The van der Waals surface area contributed by atoms with Crippen LogP contribution >= 0.6 is 23.2 Å². The highest BCUT2D eigenvalue weighted by Crippen LogP contribution is 2.32. The molecule has 0 aliphatic heterocycles. The van der Waals surface area contributed by atoms with Crippen LogP contribution in [0.5, 0.6) is 0 Å². The Labute approximate surface area is 135 Å². The number of halogens is 3. The number of rotatable bonds is 5. The van der Waals surface area contributed by atoms with Crippen LogP contribution in [0.2, 0.25) is 10.0 Å². The second-order valence-corrected chi connectivity index (χ2v) is 5.92. The van der Waals surface area contributed by atoms with E-state index >= 15 is 0 Å². The van der Waals surface area contributed by atoms with Gasteiger partial charge in [0, 0.05) is 15.6 Å². The van der Waals surface area contributed by atoms with Gasteiger partial charge in [0.15, 0.2) is 0 Å². The molecule has 0 aromatic heterocycles. The van der Waals surface area contributed by atoms with Gasteiger partial charge in [0.25, 0.3) is 0 Å². The zero-order valence-corrected chi connectivity index (χ0v) is 13.6. The molecule has 1 nitrogen and oxygen atoms in total. The lowest BCUT2D eigenvalue weighted by Gasteiger charge is -2.22. The molecular weight excluding hydrogens is 308 g/mol. The van der Waals surface area contributed by atoms with Gasteiger partial charge < -0.3 is 5.32 Å². The molecule has 0 aliphatic carbocycles. The van der Waals surface area contributed by atoms with Crippen LogP contribution in [0.3, 0.4) is 0 Å². The van der Waals surface area contributed by atoms with E-state index in [1.54, 1.807) is 24.3 Å². The van der Waals surface area contributed by atoms with Crippen LogP contribution in [0.4, 0.5) is 4.39 Å². The highest BCUT2D eigenvalue weighted by atomic mass is 35.5. The first-order valence-electron chi connectivity index (χ1n) is 6.97. The first kappa shape index (κ1) is 16.3. The van der Waals surface area contributed by atoms with Gasteiger partial charge in [0.2, 0.25) is 0 Å². The highest BCUT2D eigenvalue weighted by Gasteiger charge is 2.20. The molecular formula is C17H18Cl2FN. The average molecular weight is 326 g/mol. The first-order valence-corrected chi connectivity index (χ1v) is 7.73. The second kappa shape index (κ2) is 7.26. The summed E-state index contributed by atoms with van der Waals surface area (Å²) in [7, 11) is 0. The molecule has 0 saturated carbocycles. The Morgan fingerprint density at radius 3 is 2.52 bits per heavy atom. The lowest BCUT2D eigenvalue weighted by Crippen LogP contribution is -2.24. The predicted molar refractivity (Wildman–Crippen MR) is 87.7 cm³/mol. The lowest BCUT2D eigenvalue weighted by molar-refractivity contribution is 0.546.